The van der Waals surface area contributed by atoms with Crippen molar-refractivity contribution in [1.29, 1.82) is 0 Å². The maximum atomic E-state index is 14.5. The van der Waals surface area contributed by atoms with Crippen molar-refractivity contribution in [1.82, 2.24) is 0 Å². The van der Waals surface area contributed by atoms with E-state index in [1.165, 1.54) is 12.1 Å². The number of carbonyl (C=O) groups is 3. The summed E-state index contributed by atoms with van der Waals surface area (Å²) >= 11 is 11.9. The molecule has 1 aromatic carbocycles. The molecule has 8 heteroatoms. The van der Waals surface area contributed by atoms with Crippen LogP contribution in [0.15, 0.2) is 28.3 Å². The van der Waals surface area contributed by atoms with Crippen molar-refractivity contribution in [3.8, 4) is 0 Å². The lowest BCUT2D eigenvalue weighted by atomic mass is 9.93. The average Bonchev–Trinajstić information content (AvgIpc) is 2.89. The monoisotopic (exact) mass is 411 g/mol. The number of anilines is 1. The summed E-state index contributed by atoms with van der Waals surface area (Å²) in [7, 11) is 0. The Morgan fingerprint density at radius 2 is 1.81 bits per heavy atom. The van der Waals surface area contributed by atoms with Gasteiger partial charge in [-0.2, -0.15) is 0 Å². The third kappa shape index (κ3) is 3.64. The lowest BCUT2D eigenvalue weighted by molar-refractivity contribution is -0.137. The quantitative estimate of drug-likeness (QED) is 0.419. The van der Waals surface area contributed by atoms with Crippen LogP contribution in [-0.4, -0.2) is 24.4 Å². The third-order valence-corrected chi connectivity index (χ3v) is 5.04. The number of halogens is 3. The number of ether oxygens (including phenoxy) is 1. The summed E-state index contributed by atoms with van der Waals surface area (Å²) in [6, 6.07) is 2.21. The van der Waals surface area contributed by atoms with Gasteiger partial charge in [-0.25, -0.2) is 14.1 Å². The summed E-state index contributed by atoms with van der Waals surface area (Å²) in [5.41, 5.74) is 0.865. The van der Waals surface area contributed by atoms with E-state index in [0.29, 0.717) is 24.0 Å². The summed E-state index contributed by atoms with van der Waals surface area (Å²) in [5.74, 6) is -2.60. The van der Waals surface area contributed by atoms with E-state index in [0.717, 1.165) is 23.8 Å². The molecule has 0 fully saturated rings. The SMILES string of the molecule is CCOC(=O)C(Cl)=Cc1cc(N2C(=O)C3=C(CCCC3)C2=O)c(F)cc1Cl. The molecule has 0 unspecified atom stereocenters. The number of carbonyl (C=O) groups excluding carboxylic acids is 3. The van der Waals surface area contributed by atoms with Crippen molar-refractivity contribution < 1.29 is 23.5 Å². The Bertz CT molecular complexity index is 879. The van der Waals surface area contributed by atoms with E-state index in [2.05, 4.69) is 0 Å². The van der Waals surface area contributed by atoms with Gasteiger partial charge in [-0.1, -0.05) is 23.2 Å². The maximum Gasteiger partial charge on any atom is 0.349 e. The topological polar surface area (TPSA) is 63.7 Å². The van der Waals surface area contributed by atoms with E-state index in [-0.39, 0.29) is 27.9 Å². The molecule has 0 saturated heterocycles. The van der Waals surface area contributed by atoms with E-state index in [4.69, 9.17) is 27.9 Å². The number of rotatable bonds is 4. The number of amides is 2. The maximum absolute atomic E-state index is 14.5. The van der Waals surface area contributed by atoms with Gasteiger partial charge in [-0.05, 0) is 56.4 Å². The predicted molar refractivity (Wildman–Crippen MR) is 99.9 cm³/mol. The molecule has 1 heterocycles. The molecule has 5 nitrogen and oxygen atoms in total. The van der Waals surface area contributed by atoms with E-state index < -0.39 is 23.6 Å². The normalized spacial score (nSPS) is 17.5. The number of benzene rings is 1. The van der Waals surface area contributed by atoms with Gasteiger partial charge in [-0.3, -0.25) is 9.59 Å². The third-order valence-electron chi connectivity index (χ3n) is 4.45. The van der Waals surface area contributed by atoms with Gasteiger partial charge in [0.1, 0.15) is 10.8 Å². The summed E-state index contributed by atoms with van der Waals surface area (Å²) in [5, 5.41) is -0.275. The average molecular weight is 412 g/mol. The molecule has 27 heavy (non-hydrogen) atoms. The van der Waals surface area contributed by atoms with Crippen LogP contribution in [0, 0.1) is 5.82 Å². The molecule has 0 N–H and O–H groups in total. The van der Waals surface area contributed by atoms with Crippen LogP contribution in [0.4, 0.5) is 10.1 Å². The van der Waals surface area contributed by atoms with Crippen LogP contribution in [-0.2, 0) is 19.1 Å². The highest BCUT2D eigenvalue weighted by atomic mass is 35.5. The summed E-state index contributed by atoms with van der Waals surface area (Å²) in [6.45, 7) is 1.77. The molecule has 3 rings (SSSR count). The highest BCUT2D eigenvalue weighted by Gasteiger charge is 2.40. The Hall–Kier alpha value is -2.18. The van der Waals surface area contributed by atoms with Gasteiger partial charge in [0.15, 0.2) is 0 Å². The van der Waals surface area contributed by atoms with Gasteiger partial charge in [0.25, 0.3) is 11.8 Å². The molecule has 142 valence electrons. The minimum atomic E-state index is -0.814. The second kappa shape index (κ2) is 7.82. The molecule has 0 aromatic heterocycles. The molecular formula is C19H16Cl2FNO4. The molecule has 0 saturated carbocycles. The van der Waals surface area contributed by atoms with Crippen LogP contribution in [0.2, 0.25) is 5.02 Å². The molecule has 1 aromatic rings. The Morgan fingerprint density at radius 3 is 2.37 bits per heavy atom. The van der Waals surface area contributed by atoms with Crippen molar-refractivity contribution in [3.05, 3.63) is 44.7 Å². The predicted octanol–water partition coefficient (Wildman–Crippen LogP) is 4.37. The highest BCUT2D eigenvalue weighted by molar-refractivity contribution is 6.43. The summed E-state index contributed by atoms with van der Waals surface area (Å²) in [4.78, 5) is 37.8. The Kier molecular flexibility index (Phi) is 5.67. The molecular weight excluding hydrogens is 396 g/mol. The zero-order valence-electron chi connectivity index (χ0n) is 14.5. The van der Waals surface area contributed by atoms with Crippen LogP contribution in [0.1, 0.15) is 38.2 Å². The molecule has 2 amide bonds. The van der Waals surface area contributed by atoms with Crippen LogP contribution >= 0.6 is 23.2 Å². The molecule has 0 bridgehead atoms. The lowest BCUT2D eigenvalue weighted by Crippen LogP contribution is -2.32. The molecule has 1 aliphatic heterocycles. The first kappa shape index (κ1) is 19.6. The number of esters is 1. The smallest absolute Gasteiger partial charge is 0.349 e. The first-order valence-corrected chi connectivity index (χ1v) is 9.25. The van der Waals surface area contributed by atoms with Crippen LogP contribution in [0.25, 0.3) is 6.08 Å². The van der Waals surface area contributed by atoms with E-state index in [9.17, 15) is 18.8 Å². The largest absolute Gasteiger partial charge is 0.462 e. The fraction of sp³-hybridized carbons (Fsp3) is 0.316. The van der Waals surface area contributed by atoms with Crippen LogP contribution < -0.4 is 4.90 Å². The van der Waals surface area contributed by atoms with Crippen molar-refractivity contribution in [3.63, 3.8) is 0 Å². The molecule has 1 aliphatic carbocycles. The van der Waals surface area contributed by atoms with Gasteiger partial charge in [0, 0.05) is 11.1 Å². The van der Waals surface area contributed by atoms with E-state index in [1.807, 2.05) is 0 Å². The van der Waals surface area contributed by atoms with E-state index in [1.54, 1.807) is 6.92 Å². The Labute approximate surface area is 165 Å². The van der Waals surface area contributed by atoms with Gasteiger partial charge in [0.05, 0.1) is 17.3 Å². The van der Waals surface area contributed by atoms with Gasteiger partial charge >= 0.3 is 5.97 Å². The number of nitrogens with zero attached hydrogens (tertiary/aromatic N) is 1. The number of imide groups is 1. The Morgan fingerprint density at radius 1 is 1.22 bits per heavy atom. The first-order chi connectivity index (χ1) is 12.8. The van der Waals surface area contributed by atoms with Crippen molar-refractivity contribution >= 4 is 52.7 Å². The molecule has 2 aliphatic rings. The molecule has 0 radical (unpaired) electrons. The van der Waals surface area contributed by atoms with Crippen LogP contribution in [0.5, 0.6) is 0 Å². The molecule has 0 atom stereocenters. The fourth-order valence-electron chi connectivity index (χ4n) is 3.19. The van der Waals surface area contributed by atoms with Gasteiger partial charge in [0.2, 0.25) is 0 Å². The minimum absolute atomic E-state index is 0.0180. The van der Waals surface area contributed by atoms with Crippen LogP contribution in [0.3, 0.4) is 0 Å². The van der Waals surface area contributed by atoms with Gasteiger partial charge < -0.3 is 4.74 Å². The number of hydrogen-bond donors (Lipinski definition) is 0. The second-order valence-corrected chi connectivity index (χ2v) is 6.96. The van der Waals surface area contributed by atoms with E-state index >= 15 is 0 Å². The van der Waals surface area contributed by atoms with Crippen molar-refractivity contribution in [2.45, 2.75) is 32.6 Å². The van der Waals surface area contributed by atoms with Crippen molar-refractivity contribution in [2.75, 3.05) is 11.5 Å². The molecule has 0 spiro atoms. The number of hydrogen-bond acceptors (Lipinski definition) is 4. The fourth-order valence-corrected chi connectivity index (χ4v) is 3.57. The standard InChI is InChI=1S/C19H16Cl2FNO4/c1-2-27-19(26)14(21)7-10-8-16(15(22)9-13(10)20)23-17(24)11-5-3-4-6-12(11)18(23)25/h7-9H,2-6H2,1H3. The van der Waals surface area contributed by atoms with Crippen molar-refractivity contribution in [2.24, 2.45) is 0 Å². The Balaban J connectivity index is 2.00. The zero-order chi connectivity index (χ0) is 19.7. The highest BCUT2D eigenvalue weighted by Crippen LogP contribution is 2.38. The van der Waals surface area contributed by atoms with Gasteiger partial charge in [-0.15, -0.1) is 0 Å². The summed E-state index contributed by atoms with van der Waals surface area (Å²) < 4.78 is 19.3. The second-order valence-electron chi connectivity index (χ2n) is 6.15. The lowest BCUT2D eigenvalue weighted by Gasteiger charge is -2.17. The summed E-state index contributed by atoms with van der Waals surface area (Å²) in [6.07, 6.45) is 3.86. The zero-order valence-corrected chi connectivity index (χ0v) is 16.0. The minimum Gasteiger partial charge on any atom is -0.462 e. The first-order valence-electron chi connectivity index (χ1n) is 8.49.